The fourth-order valence-corrected chi connectivity index (χ4v) is 3.76. The molecular formula is C14H15F2N3O5S. The van der Waals surface area contributed by atoms with E-state index in [1.165, 1.54) is 4.90 Å². The number of halogens is 2. The van der Waals surface area contributed by atoms with Crippen LogP contribution in [0.15, 0.2) is 12.1 Å². The molecule has 3 rings (SSSR count). The van der Waals surface area contributed by atoms with E-state index in [2.05, 4.69) is 4.74 Å². The summed E-state index contributed by atoms with van der Waals surface area (Å²) < 4.78 is 44.7. The van der Waals surface area contributed by atoms with Crippen LogP contribution in [0.4, 0.5) is 25.0 Å². The average molecular weight is 375 g/mol. The first kappa shape index (κ1) is 17.5. The third-order valence-electron chi connectivity index (χ3n) is 4.04. The molecule has 0 saturated carbocycles. The number of cyclic esters (lactones) is 1. The second kappa shape index (κ2) is 6.23. The molecule has 0 aromatic heterocycles. The van der Waals surface area contributed by atoms with Crippen molar-refractivity contribution in [2.75, 3.05) is 40.9 Å². The van der Waals surface area contributed by atoms with Crippen LogP contribution in [0.3, 0.4) is 0 Å². The van der Waals surface area contributed by atoms with Gasteiger partial charge in [-0.25, -0.2) is 13.6 Å². The molecule has 2 saturated heterocycles. The lowest BCUT2D eigenvalue weighted by Gasteiger charge is -2.29. The van der Waals surface area contributed by atoms with Crippen molar-refractivity contribution in [1.82, 2.24) is 0 Å². The highest BCUT2D eigenvalue weighted by molar-refractivity contribution is 7.85. The van der Waals surface area contributed by atoms with E-state index in [0.29, 0.717) is 16.4 Å². The lowest BCUT2D eigenvalue weighted by atomic mass is 10.2. The van der Waals surface area contributed by atoms with Crippen molar-refractivity contribution in [3.63, 3.8) is 0 Å². The Balaban J connectivity index is 1.89. The zero-order valence-corrected chi connectivity index (χ0v) is 13.7. The molecule has 25 heavy (non-hydrogen) atoms. The normalized spacial score (nSPS) is 24.5. The lowest BCUT2D eigenvalue weighted by molar-refractivity contribution is -0.168. The van der Waals surface area contributed by atoms with Gasteiger partial charge in [-0.1, -0.05) is 0 Å². The summed E-state index contributed by atoms with van der Waals surface area (Å²) in [7, 11) is -1.000. The van der Waals surface area contributed by atoms with Crippen LogP contribution < -0.4 is 15.5 Å². The molecule has 2 aliphatic heterocycles. The molecule has 2 fully saturated rings. The average Bonchev–Trinajstić information content (AvgIpc) is 2.85. The van der Waals surface area contributed by atoms with E-state index in [1.807, 2.05) is 0 Å². The molecule has 0 bridgehead atoms. The number of β-amino-alcohol motifs (C(OH)–C–C–N with tert-alkyl or cyclic N) is 1. The monoisotopic (exact) mass is 375 g/mol. The highest BCUT2D eigenvalue weighted by Gasteiger charge is 2.49. The minimum absolute atomic E-state index is 0.221. The van der Waals surface area contributed by atoms with E-state index in [-0.39, 0.29) is 24.5 Å². The second-order valence-corrected chi connectivity index (χ2v) is 7.39. The number of hydrogen-bond acceptors (Lipinski definition) is 6. The Morgan fingerprint density at radius 2 is 1.84 bits per heavy atom. The molecular weight excluding hydrogens is 360 g/mol. The van der Waals surface area contributed by atoms with Gasteiger partial charge in [0.15, 0.2) is 11.6 Å². The van der Waals surface area contributed by atoms with Crippen LogP contribution in [-0.4, -0.2) is 58.2 Å². The molecule has 8 nitrogen and oxygen atoms in total. The van der Waals surface area contributed by atoms with Gasteiger partial charge >= 0.3 is 11.9 Å². The molecule has 0 spiro atoms. The second-order valence-electron chi connectivity index (χ2n) is 5.70. The van der Waals surface area contributed by atoms with Crippen LogP contribution in [-0.2, 0) is 20.3 Å². The van der Waals surface area contributed by atoms with E-state index >= 15 is 0 Å². The standard InChI is InChI=1S/C14H15F2N3O5S/c15-9-5-8(19-7-14(22,12(17)20)24-13(19)21)6-10(16)11(9)18-1-3-25(23)4-2-18/h5-6,22H,1-4,7H2,(H2,17,20)/t14-/m1/s1. The molecule has 11 heteroatoms. The number of carbonyl (C=O) groups is 2. The van der Waals surface area contributed by atoms with Crippen LogP contribution in [0, 0.1) is 11.6 Å². The maximum absolute atomic E-state index is 14.4. The molecule has 2 amide bonds. The Morgan fingerprint density at radius 3 is 2.32 bits per heavy atom. The van der Waals surface area contributed by atoms with Crippen molar-refractivity contribution in [2.24, 2.45) is 5.73 Å². The number of aliphatic hydroxyl groups is 1. The van der Waals surface area contributed by atoms with Crippen LogP contribution in [0.1, 0.15) is 0 Å². The van der Waals surface area contributed by atoms with Gasteiger partial charge in [0, 0.05) is 47.5 Å². The summed E-state index contributed by atoms with van der Waals surface area (Å²) >= 11 is 0. The smallest absolute Gasteiger partial charge is 0.405 e. The highest BCUT2D eigenvalue weighted by Crippen LogP contribution is 2.33. The maximum atomic E-state index is 14.4. The molecule has 3 N–H and O–H groups in total. The van der Waals surface area contributed by atoms with Gasteiger partial charge in [0.05, 0.1) is 5.69 Å². The summed E-state index contributed by atoms with van der Waals surface area (Å²) in [6.45, 7) is -0.192. The predicted molar refractivity (Wildman–Crippen MR) is 84.4 cm³/mol. The van der Waals surface area contributed by atoms with E-state index in [9.17, 15) is 27.7 Å². The van der Waals surface area contributed by atoms with Gasteiger partial charge in [-0.3, -0.25) is 13.9 Å². The quantitative estimate of drug-likeness (QED) is 0.748. The summed E-state index contributed by atoms with van der Waals surface area (Å²) in [6, 6.07) is 1.80. The SMILES string of the molecule is NC(=O)[C@@]1(O)CN(c2cc(F)c(N3CCS(=O)CC3)c(F)c2)C(=O)O1. The lowest BCUT2D eigenvalue weighted by Crippen LogP contribution is -2.47. The van der Waals surface area contributed by atoms with Gasteiger partial charge < -0.3 is 20.5 Å². The Morgan fingerprint density at radius 1 is 1.28 bits per heavy atom. The van der Waals surface area contributed by atoms with Crippen molar-refractivity contribution in [1.29, 1.82) is 0 Å². The van der Waals surface area contributed by atoms with Gasteiger partial charge in [-0.2, -0.15) is 0 Å². The third kappa shape index (κ3) is 3.16. The van der Waals surface area contributed by atoms with Crippen LogP contribution in [0.5, 0.6) is 0 Å². The highest BCUT2D eigenvalue weighted by atomic mass is 32.2. The van der Waals surface area contributed by atoms with Gasteiger partial charge in [-0.05, 0) is 0 Å². The largest absolute Gasteiger partial charge is 0.417 e. The molecule has 1 aromatic carbocycles. The first-order chi connectivity index (χ1) is 11.7. The number of anilines is 2. The van der Waals surface area contributed by atoms with Crippen LogP contribution in [0.25, 0.3) is 0 Å². The molecule has 136 valence electrons. The number of primary amides is 1. The maximum Gasteiger partial charge on any atom is 0.417 e. The zero-order valence-electron chi connectivity index (χ0n) is 12.9. The van der Waals surface area contributed by atoms with Crippen molar-refractivity contribution in [2.45, 2.75) is 5.79 Å². The summed E-state index contributed by atoms with van der Waals surface area (Å²) in [6.07, 6.45) is -1.15. The number of nitrogens with two attached hydrogens (primary N) is 1. The van der Waals surface area contributed by atoms with Gasteiger partial charge in [0.2, 0.25) is 0 Å². The number of hydrogen-bond donors (Lipinski definition) is 2. The Labute approximate surface area is 143 Å². The number of amides is 2. The molecule has 0 unspecified atom stereocenters. The summed E-state index contributed by atoms with van der Waals surface area (Å²) in [5.41, 5.74) is 4.45. The van der Waals surface area contributed by atoms with Crippen LogP contribution >= 0.6 is 0 Å². The molecule has 1 atom stereocenters. The van der Waals surface area contributed by atoms with Crippen molar-refractivity contribution >= 4 is 34.2 Å². The number of rotatable bonds is 3. The summed E-state index contributed by atoms with van der Waals surface area (Å²) in [5, 5.41) is 9.81. The number of ether oxygens (including phenoxy) is 1. The fourth-order valence-electron chi connectivity index (χ4n) is 2.71. The van der Waals surface area contributed by atoms with Gasteiger partial charge in [0.1, 0.15) is 12.2 Å². The first-order valence-electron chi connectivity index (χ1n) is 7.33. The van der Waals surface area contributed by atoms with Crippen molar-refractivity contribution in [3.05, 3.63) is 23.8 Å². The Bertz CT molecular complexity index is 744. The fraction of sp³-hybridized carbons (Fsp3) is 0.429. The molecule has 1 aromatic rings. The molecule has 2 heterocycles. The summed E-state index contributed by atoms with van der Waals surface area (Å²) in [4.78, 5) is 25.1. The summed E-state index contributed by atoms with van der Waals surface area (Å²) in [5.74, 6) is -5.08. The van der Waals surface area contributed by atoms with Crippen LogP contribution in [0.2, 0.25) is 0 Å². The zero-order chi connectivity index (χ0) is 18.4. The minimum Gasteiger partial charge on any atom is -0.405 e. The van der Waals surface area contributed by atoms with Gasteiger partial charge in [0.25, 0.3) is 5.91 Å². The molecule has 2 aliphatic rings. The Kier molecular flexibility index (Phi) is 4.37. The van der Waals surface area contributed by atoms with Crippen molar-refractivity contribution < 1.29 is 32.4 Å². The third-order valence-corrected chi connectivity index (χ3v) is 5.32. The number of carbonyl (C=O) groups excluding carboxylic acids is 2. The van der Waals surface area contributed by atoms with E-state index in [4.69, 9.17) is 5.73 Å². The number of benzene rings is 1. The minimum atomic E-state index is -2.56. The Hall–Kier alpha value is -2.27. The first-order valence-corrected chi connectivity index (χ1v) is 8.82. The topological polar surface area (TPSA) is 113 Å². The predicted octanol–water partition coefficient (Wildman–Crippen LogP) is -0.336. The molecule has 0 radical (unpaired) electrons. The van der Waals surface area contributed by atoms with E-state index in [1.54, 1.807) is 0 Å². The van der Waals surface area contributed by atoms with E-state index in [0.717, 1.165) is 12.1 Å². The van der Waals surface area contributed by atoms with Gasteiger partial charge in [-0.15, -0.1) is 0 Å². The molecule has 0 aliphatic carbocycles. The van der Waals surface area contributed by atoms with E-state index < -0.39 is 46.8 Å². The van der Waals surface area contributed by atoms with Crippen molar-refractivity contribution in [3.8, 4) is 0 Å². The number of nitrogens with zero attached hydrogens (tertiary/aromatic N) is 2.